The molecule has 0 saturated carbocycles. The van der Waals surface area contributed by atoms with Crippen LogP contribution in [-0.2, 0) is 11.2 Å². The Morgan fingerprint density at radius 3 is 2.65 bits per heavy atom. The highest BCUT2D eigenvalue weighted by atomic mass is 16.2. The predicted octanol–water partition coefficient (Wildman–Crippen LogP) is 1.46. The largest absolute Gasteiger partial charge is 0.357 e. The molecule has 1 aromatic carbocycles. The van der Waals surface area contributed by atoms with Crippen molar-refractivity contribution in [2.45, 2.75) is 26.3 Å². The van der Waals surface area contributed by atoms with Crippen LogP contribution < -0.4 is 5.32 Å². The van der Waals surface area contributed by atoms with Gasteiger partial charge in [-0.3, -0.25) is 14.5 Å². The van der Waals surface area contributed by atoms with Gasteiger partial charge in [0.25, 0.3) is 5.91 Å². The monoisotopic (exact) mass is 420 g/mol. The lowest BCUT2D eigenvalue weighted by Gasteiger charge is -2.40. The summed E-state index contributed by atoms with van der Waals surface area (Å²) in [6.45, 7) is 6.39. The molecule has 0 bridgehead atoms. The van der Waals surface area contributed by atoms with Crippen molar-refractivity contribution in [1.29, 1.82) is 0 Å². The number of carbonyl (C=O) groups is 2. The number of hydrogen-bond acceptors (Lipinski definition) is 5. The van der Waals surface area contributed by atoms with Crippen molar-refractivity contribution in [1.82, 2.24) is 29.7 Å². The summed E-state index contributed by atoms with van der Waals surface area (Å²) in [5.74, 6) is -0.398. The van der Waals surface area contributed by atoms with Crippen molar-refractivity contribution < 1.29 is 9.59 Å². The average Bonchev–Trinajstić information content (AvgIpc) is 3.21. The fourth-order valence-electron chi connectivity index (χ4n) is 4.15. The quantitative estimate of drug-likeness (QED) is 0.676. The molecule has 1 N–H and O–H groups in total. The Hall–Kier alpha value is -3.26. The first-order valence-corrected chi connectivity index (χ1v) is 10.6. The number of aryl methyl sites for hydroxylation is 2. The Bertz CT molecular complexity index is 1090. The molecule has 1 unspecified atom stereocenters. The van der Waals surface area contributed by atoms with Gasteiger partial charge in [-0.15, -0.1) is 0 Å². The van der Waals surface area contributed by atoms with E-state index in [1.54, 1.807) is 22.5 Å². The molecule has 4 rings (SSSR count). The number of aromatic nitrogens is 3. The number of benzene rings is 1. The van der Waals surface area contributed by atoms with Crippen LogP contribution in [0.3, 0.4) is 0 Å². The summed E-state index contributed by atoms with van der Waals surface area (Å²) in [6.07, 6.45) is 0.909. The van der Waals surface area contributed by atoms with Gasteiger partial charge in [-0.05, 0) is 31.9 Å². The fourth-order valence-corrected chi connectivity index (χ4v) is 4.15. The molecule has 0 spiro atoms. The minimum Gasteiger partial charge on any atom is -0.357 e. The number of amides is 2. The first kappa shape index (κ1) is 21.0. The molecule has 8 nitrogen and oxygen atoms in total. The highest BCUT2D eigenvalue weighted by Crippen LogP contribution is 2.17. The van der Waals surface area contributed by atoms with Crippen LogP contribution in [0.25, 0.3) is 5.65 Å². The summed E-state index contributed by atoms with van der Waals surface area (Å²) in [5.41, 5.74) is 4.00. The van der Waals surface area contributed by atoms with Crippen LogP contribution in [0.1, 0.15) is 27.4 Å². The van der Waals surface area contributed by atoms with E-state index in [2.05, 4.69) is 32.4 Å². The highest BCUT2D eigenvalue weighted by molar-refractivity contribution is 5.97. The molecular weight excluding hydrogens is 392 g/mol. The molecule has 3 heterocycles. The molecule has 3 aromatic rings. The number of likely N-dealkylation sites (N-methyl/N-ethyl adjacent to an activating group) is 1. The Kier molecular flexibility index (Phi) is 5.99. The third-order valence-corrected chi connectivity index (χ3v) is 5.79. The first-order chi connectivity index (χ1) is 15.0. The van der Waals surface area contributed by atoms with Crippen LogP contribution in [0.15, 0.2) is 42.5 Å². The third-order valence-electron chi connectivity index (χ3n) is 5.79. The molecular formula is C23H28N6O2. The molecule has 31 heavy (non-hydrogen) atoms. The van der Waals surface area contributed by atoms with Gasteiger partial charge in [-0.1, -0.05) is 30.3 Å². The van der Waals surface area contributed by atoms with Gasteiger partial charge in [0.2, 0.25) is 5.91 Å². The van der Waals surface area contributed by atoms with Crippen molar-refractivity contribution >= 4 is 17.5 Å². The van der Waals surface area contributed by atoms with E-state index in [1.807, 2.05) is 38.1 Å². The van der Waals surface area contributed by atoms with Crippen LogP contribution >= 0.6 is 0 Å². The smallest absolute Gasteiger partial charge is 0.275 e. The Balaban J connectivity index is 1.51. The van der Waals surface area contributed by atoms with E-state index < -0.39 is 6.04 Å². The average molecular weight is 421 g/mol. The topological polar surface area (TPSA) is 82.8 Å². The van der Waals surface area contributed by atoms with Gasteiger partial charge in [0.15, 0.2) is 11.3 Å². The van der Waals surface area contributed by atoms with Crippen molar-refractivity contribution in [3.05, 3.63) is 65.1 Å². The van der Waals surface area contributed by atoms with E-state index in [0.29, 0.717) is 24.4 Å². The van der Waals surface area contributed by atoms with E-state index >= 15 is 0 Å². The van der Waals surface area contributed by atoms with E-state index in [4.69, 9.17) is 0 Å². The lowest BCUT2D eigenvalue weighted by Crippen LogP contribution is -2.60. The van der Waals surface area contributed by atoms with Gasteiger partial charge in [0, 0.05) is 50.7 Å². The van der Waals surface area contributed by atoms with E-state index in [-0.39, 0.29) is 11.8 Å². The third kappa shape index (κ3) is 4.44. The van der Waals surface area contributed by atoms with E-state index in [0.717, 1.165) is 30.9 Å². The maximum atomic E-state index is 13.3. The lowest BCUT2D eigenvalue weighted by atomic mass is 10.1. The number of rotatable bonds is 5. The number of nitrogens with zero attached hydrogens (tertiary/aromatic N) is 5. The Labute approximate surface area is 181 Å². The molecule has 1 aliphatic heterocycles. The summed E-state index contributed by atoms with van der Waals surface area (Å²) >= 11 is 0. The maximum absolute atomic E-state index is 13.3. The predicted molar refractivity (Wildman–Crippen MR) is 118 cm³/mol. The molecule has 2 amide bonds. The molecule has 0 radical (unpaired) electrons. The number of nitrogens with one attached hydrogen (secondary N) is 1. The number of piperazine rings is 1. The Morgan fingerprint density at radius 2 is 1.90 bits per heavy atom. The van der Waals surface area contributed by atoms with Crippen molar-refractivity contribution in [2.24, 2.45) is 0 Å². The minimum atomic E-state index is -0.553. The second kappa shape index (κ2) is 8.85. The molecule has 1 fully saturated rings. The fraction of sp³-hybridized carbons (Fsp3) is 0.391. The molecule has 2 aromatic heterocycles. The zero-order valence-electron chi connectivity index (χ0n) is 18.2. The zero-order valence-corrected chi connectivity index (χ0v) is 18.2. The highest BCUT2D eigenvalue weighted by Gasteiger charge is 2.36. The molecule has 8 heteroatoms. The van der Waals surface area contributed by atoms with Crippen LogP contribution in [0, 0.1) is 13.8 Å². The standard InChI is InChI=1S/C23H28N6O2/c1-16-13-17(2)29-21(25-16)14-19(26-29)23(31)28-12-11-27(15-20(28)22(30)24-3)10-9-18-7-5-4-6-8-18/h4-8,13-14,20H,9-12,15H2,1-3H3,(H,24,30). The lowest BCUT2D eigenvalue weighted by molar-refractivity contribution is -0.127. The second-order valence-corrected chi connectivity index (χ2v) is 8.00. The number of hydrogen-bond donors (Lipinski definition) is 1. The summed E-state index contributed by atoms with van der Waals surface area (Å²) in [5, 5.41) is 7.17. The van der Waals surface area contributed by atoms with Gasteiger partial charge in [-0.2, -0.15) is 5.10 Å². The maximum Gasteiger partial charge on any atom is 0.275 e. The summed E-state index contributed by atoms with van der Waals surface area (Å²) < 4.78 is 1.67. The van der Waals surface area contributed by atoms with Crippen molar-refractivity contribution in [2.75, 3.05) is 33.2 Å². The first-order valence-electron chi connectivity index (χ1n) is 10.6. The van der Waals surface area contributed by atoms with Gasteiger partial charge in [0.1, 0.15) is 6.04 Å². The van der Waals surface area contributed by atoms with Gasteiger partial charge < -0.3 is 10.2 Å². The van der Waals surface area contributed by atoms with Crippen molar-refractivity contribution in [3.63, 3.8) is 0 Å². The van der Waals surface area contributed by atoms with E-state index in [1.165, 1.54) is 5.56 Å². The zero-order chi connectivity index (χ0) is 22.0. The van der Waals surface area contributed by atoms with Crippen molar-refractivity contribution in [3.8, 4) is 0 Å². The summed E-state index contributed by atoms with van der Waals surface area (Å²) in [7, 11) is 1.61. The van der Waals surface area contributed by atoms with E-state index in [9.17, 15) is 9.59 Å². The van der Waals surface area contributed by atoms with Gasteiger partial charge >= 0.3 is 0 Å². The second-order valence-electron chi connectivity index (χ2n) is 8.00. The summed E-state index contributed by atoms with van der Waals surface area (Å²) in [6, 6.07) is 13.4. The Morgan fingerprint density at radius 1 is 1.13 bits per heavy atom. The van der Waals surface area contributed by atoms with Gasteiger partial charge in [0.05, 0.1) is 0 Å². The molecule has 1 aliphatic rings. The molecule has 1 atom stereocenters. The molecule has 0 aliphatic carbocycles. The van der Waals surface area contributed by atoms with Crippen LogP contribution in [0.5, 0.6) is 0 Å². The van der Waals surface area contributed by atoms with Crippen LogP contribution in [0.4, 0.5) is 0 Å². The van der Waals surface area contributed by atoms with Crippen LogP contribution in [0.2, 0.25) is 0 Å². The molecule has 1 saturated heterocycles. The normalized spacial score (nSPS) is 17.1. The molecule has 162 valence electrons. The SMILES string of the molecule is CNC(=O)C1CN(CCc2ccccc2)CCN1C(=O)c1cc2nc(C)cc(C)n2n1. The number of fused-ring (bicyclic) bond motifs is 1. The van der Waals surface area contributed by atoms with Gasteiger partial charge in [-0.25, -0.2) is 9.50 Å². The number of carbonyl (C=O) groups excluding carboxylic acids is 2. The van der Waals surface area contributed by atoms with Crippen LogP contribution in [-0.4, -0.2) is 75.5 Å². The summed E-state index contributed by atoms with van der Waals surface area (Å²) in [4.78, 5) is 34.3. The minimum absolute atomic E-state index is 0.160.